The monoisotopic (exact) mass is 721 g/mol. The highest BCUT2D eigenvalue weighted by Crippen LogP contribution is 2.26. The van der Waals surface area contributed by atoms with Crippen molar-refractivity contribution in [1.82, 2.24) is 30.2 Å². The minimum atomic E-state index is -1.40. The van der Waals surface area contributed by atoms with Crippen LogP contribution in [0.5, 0.6) is 0 Å². The number of imidazole rings is 1. The zero-order valence-electron chi connectivity index (χ0n) is 28.9. The number of aryl methyl sites for hydroxylation is 1. The van der Waals surface area contributed by atoms with Gasteiger partial charge < -0.3 is 45.0 Å². The van der Waals surface area contributed by atoms with E-state index in [1.807, 2.05) is 12.1 Å². The molecule has 0 radical (unpaired) electrons. The lowest BCUT2D eigenvalue weighted by atomic mass is 9.87. The number of carbonyl (C=O) groups is 4. The molecule has 0 bridgehead atoms. The van der Waals surface area contributed by atoms with Crippen LogP contribution in [0, 0.1) is 5.41 Å². The first kappa shape index (κ1) is 38.8. The summed E-state index contributed by atoms with van der Waals surface area (Å²) < 4.78 is 23.2. The molecular formula is C35H43N7O10. The second kappa shape index (κ2) is 18.9. The molecule has 0 fully saturated rings. The predicted molar refractivity (Wildman–Crippen MR) is 186 cm³/mol. The number of aromatic nitrogens is 4. The van der Waals surface area contributed by atoms with Crippen molar-refractivity contribution in [3.63, 3.8) is 0 Å². The van der Waals surface area contributed by atoms with Crippen LogP contribution in [0.25, 0.3) is 11.2 Å². The van der Waals surface area contributed by atoms with Crippen molar-refractivity contribution in [2.75, 3.05) is 25.6 Å². The largest absolute Gasteiger partial charge is 0.463 e. The molecule has 0 saturated carbocycles. The van der Waals surface area contributed by atoms with Gasteiger partial charge in [0.2, 0.25) is 5.95 Å². The van der Waals surface area contributed by atoms with E-state index in [0.29, 0.717) is 0 Å². The number of ether oxygens (including phenoxy) is 4. The van der Waals surface area contributed by atoms with Crippen LogP contribution in [-0.4, -0.2) is 80.7 Å². The highest BCUT2D eigenvalue weighted by atomic mass is 16.6. The first-order valence-corrected chi connectivity index (χ1v) is 16.7. The topological polar surface area (TPSA) is 239 Å². The molecule has 0 aliphatic rings. The average molecular weight is 722 g/mol. The molecule has 2 unspecified atom stereocenters. The van der Waals surface area contributed by atoms with E-state index in [-0.39, 0.29) is 56.1 Å². The highest BCUT2D eigenvalue weighted by Gasteiger charge is 2.36. The lowest BCUT2D eigenvalue weighted by Crippen LogP contribution is -2.46. The SMILES string of the molecule is CCC(NC(=O)OCc1ccccc1)C(=O)OCC(CO)(CCn1cnc2c(=O)[nH]c(N)nc21)COC(=O)C(CC)NC(=O)OCc1ccccc1. The van der Waals surface area contributed by atoms with E-state index >= 15 is 0 Å². The number of nitrogens with two attached hydrogens (primary N) is 1. The number of rotatable bonds is 18. The minimum Gasteiger partial charge on any atom is -0.463 e. The Morgan fingerprint density at radius 1 is 0.846 bits per heavy atom. The number of aromatic amines is 1. The van der Waals surface area contributed by atoms with Gasteiger partial charge in [-0.15, -0.1) is 0 Å². The number of nitrogens with one attached hydrogen (secondary N) is 3. The summed E-state index contributed by atoms with van der Waals surface area (Å²) in [4.78, 5) is 74.2. The molecule has 2 amide bonds. The maximum atomic E-state index is 13.2. The Morgan fingerprint density at radius 2 is 1.35 bits per heavy atom. The smallest absolute Gasteiger partial charge is 0.408 e. The number of aliphatic hydroxyl groups is 1. The number of amides is 2. The molecule has 0 aliphatic carbocycles. The molecule has 0 aliphatic heterocycles. The minimum absolute atomic E-state index is 0.00911. The third-order valence-corrected chi connectivity index (χ3v) is 8.15. The van der Waals surface area contributed by atoms with Gasteiger partial charge in [-0.25, -0.2) is 24.2 Å². The Balaban J connectivity index is 1.43. The summed E-state index contributed by atoms with van der Waals surface area (Å²) in [6, 6.07) is 15.8. The molecule has 0 saturated heterocycles. The maximum absolute atomic E-state index is 13.2. The van der Waals surface area contributed by atoms with E-state index in [9.17, 15) is 29.1 Å². The fraction of sp³-hybridized carbons (Fsp3) is 0.400. The number of fused-ring (bicyclic) bond motifs is 1. The van der Waals surface area contributed by atoms with Gasteiger partial charge in [0, 0.05) is 6.54 Å². The number of esters is 2. The molecule has 278 valence electrons. The number of carbonyl (C=O) groups excluding carboxylic acids is 4. The molecular weight excluding hydrogens is 678 g/mol. The number of aliphatic hydroxyl groups excluding tert-OH is 1. The quantitative estimate of drug-likeness (QED) is 0.0734. The zero-order chi connectivity index (χ0) is 37.5. The third kappa shape index (κ3) is 11.0. The molecule has 4 aromatic rings. The summed E-state index contributed by atoms with van der Waals surface area (Å²) in [5, 5.41) is 15.7. The lowest BCUT2D eigenvalue weighted by Gasteiger charge is -2.32. The number of hydrogen-bond donors (Lipinski definition) is 5. The molecule has 2 atom stereocenters. The van der Waals surface area contributed by atoms with Gasteiger partial charge in [0.25, 0.3) is 5.56 Å². The summed E-state index contributed by atoms with van der Waals surface area (Å²) in [5.41, 5.74) is 5.52. The molecule has 6 N–H and O–H groups in total. The van der Waals surface area contributed by atoms with Crippen molar-refractivity contribution in [3.8, 4) is 0 Å². The van der Waals surface area contributed by atoms with Crippen LogP contribution in [0.2, 0.25) is 0 Å². The predicted octanol–water partition coefficient (Wildman–Crippen LogP) is 2.57. The number of anilines is 1. The maximum Gasteiger partial charge on any atom is 0.408 e. The van der Waals surface area contributed by atoms with Crippen LogP contribution in [0.4, 0.5) is 15.5 Å². The van der Waals surface area contributed by atoms with Crippen molar-refractivity contribution in [2.24, 2.45) is 5.41 Å². The third-order valence-electron chi connectivity index (χ3n) is 8.15. The van der Waals surface area contributed by atoms with Crippen LogP contribution in [0.3, 0.4) is 0 Å². The van der Waals surface area contributed by atoms with E-state index in [2.05, 4.69) is 25.6 Å². The zero-order valence-corrected chi connectivity index (χ0v) is 28.9. The van der Waals surface area contributed by atoms with Crippen LogP contribution >= 0.6 is 0 Å². The Morgan fingerprint density at radius 3 is 1.81 bits per heavy atom. The number of alkyl carbamates (subject to hydrolysis) is 2. The number of nitrogens with zero attached hydrogens (tertiary/aromatic N) is 3. The summed E-state index contributed by atoms with van der Waals surface area (Å²) in [6.45, 7) is 1.87. The molecule has 0 spiro atoms. The second-order valence-electron chi connectivity index (χ2n) is 12.0. The lowest BCUT2D eigenvalue weighted by molar-refractivity contribution is -0.159. The normalized spacial score (nSPS) is 13.3. The summed E-state index contributed by atoms with van der Waals surface area (Å²) in [6.07, 6.45) is 0.0492. The van der Waals surface area contributed by atoms with E-state index in [4.69, 9.17) is 24.7 Å². The molecule has 2 heterocycles. The highest BCUT2D eigenvalue weighted by molar-refractivity contribution is 5.82. The van der Waals surface area contributed by atoms with Crippen LogP contribution in [0.15, 0.2) is 71.8 Å². The van der Waals surface area contributed by atoms with Crippen molar-refractivity contribution in [3.05, 3.63) is 88.5 Å². The number of nitrogen functional groups attached to an aromatic ring is 1. The molecule has 17 nitrogen and oxygen atoms in total. The van der Waals surface area contributed by atoms with Crippen molar-refractivity contribution >= 4 is 41.2 Å². The fourth-order valence-corrected chi connectivity index (χ4v) is 4.97. The van der Waals surface area contributed by atoms with Gasteiger partial charge in [-0.05, 0) is 30.4 Å². The molecule has 52 heavy (non-hydrogen) atoms. The molecule has 2 aromatic carbocycles. The first-order chi connectivity index (χ1) is 25.1. The van der Waals surface area contributed by atoms with E-state index in [1.54, 1.807) is 62.4 Å². The van der Waals surface area contributed by atoms with E-state index in [0.717, 1.165) is 11.1 Å². The summed E-state index contributed by atoms with van der Waals surface area (Å²) >= 11 is 0. The number of H-pyrrole nitrogens is 1. The van der Waals surface area contributed by atoms with Crippen LogP contribution in [-0.2, 0) is 48.3 Å². The van der Waals surface area contributed by atoms with E-state index < -0.39 is 67.0 Å². The van der Waals surface area contributed by atoms with Gasteiger partial charge in [0.15, 0.2) is 11.2 Å². The first-order valence-electron chi connectivity index (χ1n) is 16.7. The number of benzene rings is 2. The Bertz CT molecular complexity index is 1770. The van der Waals surface area contributed by atoms with Gasteiger partial charge >= 0.3 is 24.1 Å². The Hall–Kier alpha value is -5.97. The average Bonchev–Trinajstić information content (AvgIpc) is 3.57. The van der Waals surface area contributed by atoms with Crippen molar-refractivity contribution in [1.29, 1.82) is 0 Å². The molecule has 17 heteroatoms. The summed E-state index contributed by atoms with van der Waals surface area (Å²) in [7, 11) is 0. The van der Waals surface area contributed by atoms with Crippen molar-refractivity contribution in [2.45, 2.75) is 65.0 Å². The second-order valence-corrected chi connectivity index (χ2v) is 12.0. The molecule has 4 rings (SSSR count). The van der Waals surface area contributed by atoms with E-state index in [1.165, 1.54) is 10.9 Å². The number of hydrogen-bond acceptors (Lipinski definition) is 13. The van der Waals surface area contributed by atoms with Gasteiger partial charge in [0.1, 0.15) is 38.5 Å². The fourth-order valence-electron chi connectivity index (χ4n) is 4.97. The molecule has 2 aromatic heterocycles. The van der Waals surface area contributed by atoms with Gasteiger partial charge in [-0.2, -0.15) is 4.98 Å². The summed E-state index contributed by atoms with van der Waals surface area (Å²) in [5.74, 6) is -1.76. The van der Waals surface area contributed by atoms with Crippen LogP contribution < -0.4 is 21.9 Å². The Kier molecular flexibility index (Phi) is 14.1. The van der Waals surface area contributed by atoms with Crippen LogP contribution in [0.1, 0.15) is 44.2 Å². The Labute approximate surface area is 298 Å². The van der Waals surface area contributed by atoms with Gasteiger partial charge in [0.05, 0.1) is 18.3 Å². The van der Waals surface area contributed by atoms with Gasteiger partial charge in [-0.3, -0.25) is 9.78 Å². The van der Waals surface area contributed by atoms with Gasteiger partial charge in [-0.1, -0.05) is 74.5 Å². The standard InChI is InChI=1S/C35H43N7O10/c1-3-25(38-33(47)49-17-23-11-7-5-8-12-23)30(45)51-20-35(19-43,15-16-42-22-37-27-28(42)40-32(36)41-29(27)44)21-52-31(46)26(4-2)39-34(48)50-18-24-13-9-6-10-14-24/h5-14,22,25-26,43H,3-4,15-21H2,1-2H3,(H,38,47)(H,39,48)(H3,36,40,41,44). The van der Waals surface area contributed by atoms with Crippen molar-refractivity contribution < 1.29 is 43.2 Å².